The summed E-state index contributed by atoms with van der Waals surface area (Å²) in [6.07, 6.45) is 2.85. The number of aliphatic hydroxyl groups is 2. The molecule has 0 radical (unpaired) electrons. The van der Waals surface area contributed by atoms with Gasteiger partial charge in [0, 0.05) is 11.5 Å². The third-order valence-electron chi connectivity index (χ3n) is 5.04. The van der Waals surface area contributed by atoms with Gasteiger partial charge in [0.1, 0.15) is 5.60 Å². The van der Waals surface area contributed by atoms with Gasteiger partial charge in [-0.3, -0.25) is 9.59 Å². The summed E-state index contributed by atoms with van der Waals surface area (Å²) in [4.78, 5) is 24.7. The highest BCUT2D eigenvalue weighted by atomic mass is 16.3. The molecule has 106 valence electrons. The summed E-state index contributed by atoms with van der Waals surface area (Å²) in [5.74, 6) is -1.37. The van der Waals surface area contributed by atoms with E-state index in [0.717, 1.165) is 19.1 Å². The van der Waals surface area contributed by atoms with E-state index in [4.69, 9.17) is 5.11 Å². The van der Waals surface area contributed by atoms with Gasteiger partial charge in [-0.2, -0.15) is 0 Å². The highest BCUT2D eigenvalue weighted by Crippen LogP contribution is 2.52. The summed E-state index contributed by atoms with van der Waals surface area (Å²) in [5.41, 5.74) is -1.32. The van der Waals surface area contributed by atoms with Crippen LogP contribution in [-0.4, -0.2) is 27.4 Å². The molecule has 2 aliphatic carbocycles. The SMILES string of the molecule is C/C(=C/O)C(=O)[C@@H]1C[C@H](C)[C@H]2CC[C@@H](C)C(=O)[C@]21O. The number of hydrogen-bond acceptors (Lipinski definition) is 4. The molecule has 4 nitrogen and oxygen atoms in total. The van der Waals surface area contributed by atoms with Gasteiger partial charge in [-0.25, -0.2) is 0 Å². The van der Waals surface area contributed by atoms with Crippen LogP contribution in [-0.2, 0) is 9.59 Å². The maximum Gasteiger partial charge on any atom is 0.168 e. The van der Waals surface area contributed by atoms with Crippen molar-refractivity contribution in [3.8, 4) is 0 Å². The Kier molecular flexibility index (Phi) is 3.56. The number of aliphatic hydroxyl groups excluding tert-OH is 1. The van der Waals surface area contributed by atoms with Gasteiger partial charge in [-0.15, -0.1) is 0 Å². The summed E-state index contributed by atoms with van der Waals surface area (Å²) in [6, 6.07) is 0. The topological polar surface area (TPSA) is 74.6 Å². The lowest BCUT2D eigenvalue weighted by Gasteiger charge is -2.40. The fourth-order valence-electron chi connectivity index (χ4n) is 3.87. The number of carbonyl (C=O) groups excluding carboxylic acids is 2. The first kappa shape index (κ1) is 14.3. The Bertz CT molecular complexity index is 439. The van der Waals surface area contributed by atoms with Crippen molar-refractivity contribution in [3.63, 3.8) is 0 Å². The maximum atomic E-state index is 12.4. The van der Waals surface area contributed by atoms with Crippen LogP contribution < -0.4 is 0 Å². The van der Waals surface area contributed by atoms with E-state index in [1.165, 1.54) is 6.92 Å². The van der Waals surface area contributed by atoms with Gasteiger partial charge < -0.3 is 10.2 Å². The molecule has 0 aliphatic heterocycles. The van der Waals surface area contributed by atoms with E-state index in [9.17, 15) is 14.7 Å². The first-order valence-electron chi connectivity index (χ1n) is 6.95. The van der Waals surface area contributed by atoms with Gasteiger partial charge in [0.15, 0.2) is 11.6 Å². The smallest absolute Gasteiger partial charge is 0.168 e. The Balaban J connectivity index is 2.41. The van der Waals surface area contributed by atoms with E-state index in [1.807, 2.05) is 13.8 Å². The predicted molar refractivity (Wildman–Crippen MR) is 70.5 cm³/mol. The van der Waals surface area contributed by atoms with Crippen LogP contribution in [0.15, 0.2) is 11.8 Å². The molecule has 2 saturated carbocycles. The summed E-state index contributed by atoms with van der Waals surface area (Å²) < 4.78 is 0. The van der Waals surface area contributed by atoms with Crippen LogP contribution in [0.5, 0.6) is 0 Å². The minimum atomic E-state index is -1.53. The largest absolute Gasteiger partial charge is 0.515 e. The van der Waals surface area contributed by atoms with Crippen molar-refractivity contribution in [1.29, 1.82) is 0 Å². The molecule has 2 rings (SSSR count). The summed E-state index contributed by atoms with van der Waals surface area (Å²) in [5, 5.41) is 19.9. The van der Waals surface area contributed by atoms with Gasteiger partial charge >= 0.3 is 0 Å². The van der Waals surface area contributed by atoms with Crippen molar-refractivity contribution in [2.24, 2.45) is 23.7 Å². The van der Waals surface area contributed by atoms with Crippen LogP contribution in [0.2, 0.25) is 0 Å². The fourth-order valence-corrected chi connectivity index (χ4v) is 3.87. The molecule has 0 bridgehead atoms. The molecule has 0 heterocycles. The molecule has 0 aromatic rings. The fraction of sp³-hybridized carbons (Fsp3) is 0.733. The number of rotatable bonds is 2. The van der Waals surface area contributed by atoms with Crippen molar-refractivity contribution in [2.75, 3.05) is 0 Å². The van der Waals surface area contributed by atoms with Crippen molar-refractivity contribution in [1.82, 2.24) is 0 Å². The summed E-state index contributed by atoms with van der Waals surface area (Å²) >= 11 is 0. The Morgan fingerprint density at radius 2 is 2.00 bits per heavy atom. The highest BCUT2D eigenvalue weighted by molar-refractivity contribution is 6.03. The highest BCUT2D eigenvalue weighted by Gasteiger charge is 2.61. The average Bonchev–Trinajstić information content (AvgIpc) is 2.66. The maximum absolute atomic E-state index is 12.4. The number of allylic oxidation sites excluding steroid dienone is 1. The van der Waals surface area contributed by atoms with Crippen LogP contribution in [0.25, 0.3) is 0 Å². The molecular weight excluding hydrogens is 244 g/mol. The number of fused-ring (bicyclic) bond motifs is 1. The lowest BCUT2D eigenvalue weighted by Crippen LogP contribution is -2.55. The van der Waals surface area contributed by atoms with Crippen molar-refractivity contribution < 1.29 is 19.8 Å². The number of hydrogen-bond donors (Lipinski definition) is 2. The zero-order valence-electron chi connectivity index (χ0n) is 11.7. The Morgan fingerprint density at radius 1 is 1.37 bits per heavy atom. The quantitative estimate of drug-likeness (QED) is 0.592. The molecule has 0 aromatic heterocycles. The molecule has 0 amide bonds. The average molecular weight is 266 g/mol. The van der Waals surface area contributed by atoms with E-state index in [0.29, 0.717) is 6.42 Å². The second-order valence-corrected chi connectivity index (χ2v) is 6.22. The zero-order chi connectivity index (χ0) is 14.4. The van der Waals surface area contributed by atoms with Gasteiger partial charge in [0.25, 0.3) is 0 Å². The minimum Gasteiger partial charge on any atom is -0.515 e. The molecule has 19 heavy (non-hydrogen) atoms. The monoisotopic (exact) mass is 266 g/mol. The van der Waals surface area contributed by atoms with Crippen molar-refractivity contribution >= 4 is 11.6 Å². The third kappa shape index (κ3) is 1.93. The van der Waals surface area contributed by atoms with E-state index in [1.54, 1.807) is 0 Å². The minimum absolute atomic E-state index is 0.128. The second kappa shape index (κ2) is 4.75. The van der Waals surface area contributed by atoms with Gasteiger partial charge in [0.05, 0.1) is 12.2 Å². The van der Waals surface area contributed by atoms with E-state index in [2.05, 4.69) is 0 Å². The van der Waals surface area contributed by atoms with Crippen LogP contribution in [0.1, 0.15) is 40.0 Å². The molecule has 2 fully saturated rings. The van der Waals surface area contributed by atoms with Gasteiger partial charge in [0.2, 0.25) is 0 Å². The lowest BCUT2D eigenvalue weighted by molar-refractivity contribution is -0.160. The van der Waals surface area contributed by atoms with E-state index >= 15 is 0 Å². The lowest BCUT2D eigenvalue weighted by atomic mass is 9.66. The number of ketones is 2. The van der Waals surface area contributed by atoms with Gasteiger partial charge in [-0.05, 0) is 38.0 Å². The Morgan fingerprint density at radius 3 is 2.58 bits per heavy atom. The Labute approximate surface area is 113 Å². The first-order chi connectivity index (χ1) is 8.83. The standard InChI is InChI=1S/C15H22O4/c1-8-4-5-11-9(2)6-12(13(17)10(3)7-16)15(11,19)14(8)18/h7-9,11-12,16,19H,4-6H2,1-3H3/b10-7-/t8-,9+,11-,12+,15+/m1/s1. The van der Waals surface area contributed by atoms with Crippen LogP contribution >= 0.6 is 0 Å². The van der Waals surface area contributed by atoms with Crippen molar-refractivity contribution in [2.45, 2.75) is 45.6 Å². The molecule has 0 spiro atoms. The molecule has 5 atom stereocenters. The first-order valence-corrected chi connectivity index (χ1v) is 6.95. The van der Waals surface area contributed by atoms with Crippen LogP contribution in [0, 0.1) is 23.7 Å². The zero-order valence-corrected chi connectivity index (χ0v) is 11.7. The summed E-state index contributed by atoms with van der Waals surface area (Å²) in [7, 11) is 0. The summed E-state index contributed by atoms with van der Waals surface area (Å²) in [6.45, 7) is 5.32. The number of carbonyl (C=O) groups is 2. The third-order valence-corrected chi connectivity index (χ3v) is 5.04. The van der Waals surface area contributed by atoms with E-state index in [-0.39, 0.29) is 34.9 Å². The van der Waals surface area contributed by atoms with Crippen molar-refractivity contribution in [3.05, 3.63) is 11.8 Å². The normalized spacial score (nSPS) is 43.2. The number of Topliss-reactive ketones (excluding diaryl/α,β-unsaturated/α-hetero) is 2. The van der Waals surface area contributed by atoms with Crippen LogP contribution in [0.4, 0.5) is 0 Å². The molecule has 0 aromatic carbocycles. The molecule has 4 heteroatoms. The molecule has 2 N–H and O–H groups in total. The van der Waals surface area contributed by atoms with E-state index < -0.39 is 11.5 Å². The molecule has 2 aliphatic rings. The molecule has 0 unspecified atom stereocenters. The molecular formula is C15H22O4. The second-order valence-electron chi connectivity index (χ2n) is 6.22. The molecule has 0 saturated heterocycles. The Hall–Kier alpha value is -1.16. The predicted octanol–water partition coefficient (Wildman–Crippen LogP) is 2.02. The van der Waals surface area contributed by atoms with Crippen LogP contribution in [0.3, 0.4) is 0 Å². The van der Waals surface area contributed by atoms with Gasteiger partial charge in [-0.1, -0.05) is 13.8 Å².